The molecule has 0 aliphatic rings. The lowest BCUT2D eigenvalue weighted by molar-refractivity contribution is 0.565. The molecule has 5 heteroatoms. The van der Waals surface area contributed by atoms with Gasteiger partial charge in [0.1, 0.15) is 5.82 Å². The monoisotopic (exact) mass is 307 g/mol. The van der Waals surface area contributed by atoms with Crippen molar-refractivity contribution in [2.75, 3.05) is 6.26 Å². The molecule has 0 spiro atoms. The molecule has 0 aliphatic carbocycles. The minimum absolute atomic E-state index is 0.00952. The van der Waals surface area contributed by atoms with E-state index in [1.54, 1.807) is 30.3 Å². The number of hydrogen-bond donors (Lipinski definition) is 1. The Bertz CT molecular complexity index is 711. The average molecular weight is 307 g/mol. The molecule has 112 valence electrons. The Kier molecular flexibility index (Phi) is 4.75. The van der Waals surface area contributed by atoms with Gasteiger partial charge < -0.3 is 5.32 Å². The first-order valence-corrected chi connectivity index (χ1v) is 8.53. The van der Waals surface area contributed by atoms with Gasteiger partial charge >= 0.3 is 0 Å². The fourth-order valence-electron chi connectivity index (χ4n) is 2.02. The zero-order chi connectivity index (χ0) is 15.5. The van der Waals surface area contributed by atoms with Gasteiger partial charge in [-0.25, -0.2) is 12.8 Å². The minimum Gasteiger partial charge on any atom is -0.306 e. The predicted octanol–water partition coefficient (Wildman–Crippen LogP) is 3.08. The van der Waals surface area contributed by atoms with E-state index in [0.29, 0.717) is 11.4 Å². The largest absolute Gasteiger partial charge is 0.306 e. The van der Waals surface area contributed by atoms with Gasteiger partial charge in [-0.3, -0.25) is 0 Å². The normalized spacial score (nSPS) is 13.1. The van der Waals surface area contributed by atoms with Crippen molar-refractivity contribution in [2.45, 2.75) is 24.4 Å². The molecule has 21 heavy (non-hydrogen) atoms. The minimum atomic E-state index is -3.16. The van der Waals surface area contributed by atoms with Crippen LogP contribution in [0.2, 0.25) is 0 Å². The average Bonchev–Trinajstić information content (AvgIpc) is 2.44. The summed E-state index contributed by atoms with van der Waals surface area (Å²) in [6.45, 7) is 2.54. The van der Waals surface area contributed by atoms with E-state index in [4.69, 9.17) is 0 Å². The third kappa shape index (κ3) is 4.37. The molecule has 0 aromatic heterocycles. The molecule has 1 unspecified atom stereocenters. The molecule has 0 radical (unpaired) electrons. The Balaban J connectivity index is 2.00. The van der Waals surface area contributed by atoms with Crippen LogP contribution >= 0.6 is 0 Å². The lowest BCUT2D eigenvalue weighted by atomic mass is 10.1. The molecule has 0 saturated carbocycles. The maximum atomic E-state index is 13.2. The smallest absolute Gasteiger partial charge is 0.175 e. The quantitative estimate of drug-likeness (QED) is 0.923. The molecule has 1 N–H and O–H groups in total. The summed E-state index contributed by atoms with van der Waals surface area (Å²) in [6.07, 6.45) is 1.19. The molecule has 1 atom stereocenters. The second-order valence-electron chi connectivity index (χ2n) is 5.07. The van der Waals surface area contributed by atoms with Crippen molar-refractivity contribution in [1.29, 1.82) is 0 Å². The van der Waals surface area contributed by atoms with Crippen molar-refractivity contribution in [1.82, 2.24) is 5.32 Å². The summed E-state index contributed by atoms with van der Waals surface area (Å²) < 4.78 is 35.9. The fraction of sp³-hybridized carbons (Fsp3) is 0.250. The molecule has 2 rings (SSSR count). The maximum Gasteiger partial charge on any atom is 0.175 e. The van der Waals surface area contributed by atoms with Gasteiger partial charge in [-0.1, -0.05) is 24.3 Å². The lowest BCUT2D eigenvalue weighted by Gasteiger charge is -2.14. The number of rotatable bonds is 5. The second kappa shape index (κ2) is 6.37. The number of halogens is 1. The highest BCUT2D eigenvalue weighted by atomic mass is 32.2. The number of benzene rings is 2. The van der Waals surface area contributed by atoms with Gasteiger partial charge in [0, 0.05) is 18.8 Å². The van der Waals surface area contributed by atoms with Crippen LogP contribution in [0.4, 0.5) is 4.39 Å². The van der Waals surface area contributed by atoms with Crippen LogP contribution in [-0.4, -0.2) is 14.7 Å². The second-order valence-corrected chi connectivity index (χ2v) is 7.09. The van der Waals surface area contributed by atoms with Crippen LogP contribution in [0.3, 0.4) is 0 Å². The van der Waals surface area contributed by atoms with Gasteiger partial charge in [-0.2, -0.15) is 0 Å². The SMILES string of the molecule is CC(NCc1ccc(S(C)(=O)=O)cc1)c1cccc(F)c1. The molecule has 0 saturated heterocycles. The van der Waals surface area contributed by atoms with E-state index in [1.165, 1.54) is 18.4 Å². The molecule has 0 fully saturated rings. The van der Waals surface area contributed by atoms with Crippen LogP contribution in [0, 0.1) is 5.82 Å². The van der Waals surface area contributed by atoms with Gasteiger partial charge in [0.05, 0.1) is 4.90 Å². The Hall–Kier alpha value is -1.72. The summed E-state index contributed by atoms with van der Waals surface area (Å²) in [5.41, 5.74) is 1.86. The van der Waals surface area contributed by atoms with Gasteiger partial charge in [0.15, 0.2) is 9.84 Å². The first kappa shape index (κ1) is 15.7. The van der Waals surface area contributed by atoms with Crippen LogP contribution in [0.1, 0.15) is 24.1 Å². The van der Waals surface area contributed by atoms with E-state index in [0.717, 1.165) is 11.1 Å². The van der Waals surface area contributed by atoms with Crippen molar-refractivity contribution in [3.05, 3.63) is 65.5 Å². The topological polar surface area (TPSA) is 46.2 Å². The Labute approximate surface area is 124 Å². The van der Waals surface area contributed by atoms with Crippen LogP contribution in [0.5, 0.6) is 0 Å². The van der Waals surface area contributed by atoms with E-state index in [2.05, 4.69) is 5.32 Å². The molecular weight excluding hydrogens is 289 g/mol. The summed E-state index contributed by atoms with van der Waals surface area (Å²) in [4.78, 5) is 0.310. The van der Waals surface area contributed by atoms with Crippen molar-refractivity contribution >= 4 is 9.84 Å². The first-order valence-electron chi connectivity index (χ1n) is 6.64. The molecule has 0 amide bonds. The molecule has 0 aliphatic heterocycles. The number of hydrogen-bond acceptors (Lipinski definition) is 3. The lowest BCUT2D eigenvalue weighted by Crippen LogP contribution is -2.18. The van der Waals surface area contributed by atoms with Crippen molar-refractivity contribution in [3.63, 3.8) is 0 Å². The zero-order valence-corrected chi connectivity index (χ0v) is 12.8. The van der Waals surface area contributed by atoms with E-state index in [1.807, 2.05) is 13.0 Å². The van der Waals surface area contributed by atoms with Crippen LogP contribution in [0.15, 0.2) is 53.4 Å². The highest BCUT2D eigenvalue weighted by Crippen LogP contribution is 2.15. The van der Waals surface area contributed by atoms with Crippen LogP contribution in [-0.2, 0) is 16.4 Å². The third-order valence-corrected chi connectivity index (χ3v) is 4.44. The highest BCUT2D eigenvalue weighted by molar-refractivity contribution is 7.90. The van der Waals surface area contributed by atoms with Crippen LogP contribution in [0.25, 0.3) is 0 Å². The Morgan fingerprint density at radius 2 is 1.81 bits per heavy atom. The zero-order valence-electron chi connectivity index (χ0n) is 12.0. The van der Waals surface area contributed by atoms with Crippen molar-refractivity contribution in [3.8, 4) is 0 Å². The molecule has 3 nitrogen and oxygen atoms in total. The van der Waals surface area contributed by atoms with E-state index in [-0.39, 0.29) is 11.9 Å². The predicted molar refractivity (Wildman–Crippen MR) is 81.2 cm³/mol. The summed E-state index contributed by atoms with van der Waals surface area (Å²) >= 11 is 0. The van der Waals surface area contributed by atoms with Gasteiger partial charge in [-0.05, 0) is 42.3 Å². The van der Waals surface area contributed by atoms with E-state index < -0.39 is 9.84 Å². The van der Waals surface area contributed by atoms with E-state index in [9.17, 15) is 12.8 Å². The van der Waals surface area contributed by atoms with Crippen molar-refractivity contribution in [2.24, 2.45) is 0 Å². The highest BCUT2D eigenvalue weighted by Gasteiger charge is 2.08. The van der Waals surface area contributed by atoms with Crippen LogP contribution < -0.4 is 5.32 Å². The summed E-state index contributed by atoms with van der Waals surface area (Å²) in [5.74, 6) is -0.251. The molecule has 2 aromatic rings. The van der Waals surface area contributed by atoms with Gasteiger partial charge in [0.2, 0.25) is 0 Å². The first-order chi connectivity index (χ1) is 9.86. The Morgan fingerprint density at radius 3 is 2.38 bits per heavy atom. The van der Waals surface area contributed by atoms with Gasteiger partial charge in [0.25, 0.3) is 0 Å². The fourth-order valence-corrected chi connectivity index (χ4v) is 2.65. The summed E-state index contributed by atoms with van der Waals surface area (Å²) in [7, 11) is -3.16. The summed E-state index contributed by atoms with van der Waals surface area (Å²) in [5, 5.41) is 3.28. The Morgan fingerprint density at radius 1 is 1.14 bits per heavy atom. The number of nitrogens with one attached hydrogen (secondary N) is 1. The molecule has 0 heterocycles. The molecular formula is C16H18FNO2S. The third-order valence-electron chi connectivity index (χ3n) is 3.31. The summed E-state index contributed by atoms with van der Waals surface area (Å²) in [6, 6.07) is 13.2. The number of sulfone groups is 1. The van der Waals surface area contributed by atoms with Gasteiger partial charge in [-0.15, -0.1) is 0 Å². The molecule has 2 aromatic carbocycles. The maximum absolute atomic E-state index is 13.2. The van der Waals surface area contributed by atoms with E-state index >= 15 is 0 Å². The standard InChI is InChI=1S/C16H18FNO2S/c1-12(14-4-3-5-15(17)10-14)18-11-13-6-8-16(9-7-13)21(2,19)20/h3-10,12,18H,11H2,1-2H3. The van der Waals surface area contributed by atoms with Crippen molar-refractivity contribution < 1.29 is 12.8 Å². The molecule has 0 bridgehead atoms.